The van der Waals surface area contributed by atoms with Gasteiger partial charge in [-0.1, -0.05) is 30.3 Å². The summed E-state index contributed by atoms with van der Waals surface area (Å²) >= 11 is 6.78. The predicted octanol–water partition coefficient (Wildman–Crippen LogP) is 2.99. The smallest absolute Gasteiger partial charge is 0.241 e. The van der Waals surface area contributed by atoms with Gasteiger partial charge in [-0.2, -0.15) is 0 Å². The van der Waals surface area contributed by atoms with Crippen molar-refractivity contribution in [3.8, 4) is 11.3 Å². The van der Waals surface area contributed by atoms with Crippen LogP contribution in [0.15, 0.2) is 35.7 Å². The molecule has 0 saturated heterocycles. The molecule has 2 aromatic rings. The molecule has 2 rings (SSSR count). The summed E-state index contributed by atoms with van der Waals surface area (Å²) in [6, 6.07) is 9.80. The van der Waals surface area contributed by atoms with E-state index in [9.17, 15) is 4.79 Å². The lowest BCUT2D eigenvalue weighted by molar-refractivity contribution is -0.113. The second-order valence-electron chi connectivity index (χ2n) is 3.09. The number of hydrogen-bond donors (Lipinski definition) is 1. The minimum atomic E-state index is -0.240. The van der Waals surface area contributed by atoms with Crippen LogP contribution in [-0.4, -0.2) is 16.8 Å². The summed E-state index contributed by atoms with van der Waals surface area (Å²) in [4.78, 5) is 15.3. The number of rotatable bonds is 3. The number of carbonyl (C=O) groups is 1. The van der Waals surface area contributed by atoms with Crippen LogP contribution in [0.4, 0.5) is 5.13 Å². The van der Waals surface area contributed by atoms with Crippen LogP contribution in [0.3, 0.4) is 0 Å². The van der Waals surface area contributed by atoms with E-state index in [4.69, 9.17) is 11.6 Å². The molecule has 0 fully saturated rings. The fraction of sp³-hybridized carbons (Fsp3) is 0.0909. The van der Waals surface area contributed by atoms with Crippen LogP contribution < -0.4 is 5.32 Å². The Bertz CT molecular complexity index is 484. The summed E-state index contributed by atoms with van der Waals surface area (Å²) in [5.41, 5.74) is 1.89. The summed E-state index contributed by atoms with van der Waals surface area (Å²) in [7, 11) is 0. The van der Waals surface area contributed by atoms with E-state index >= 15 is 0 Å². The largest absolute Gasteiger partial charge is 0.301 e. The molecule has 16 heavy (non-hydrogen) atoms. The van der Waals surface area contributed by atoms with Gasteiger partial charge in [0.15, 0.2) is 5.13 Å². The Morgan fingerprint density at radius 1 is 1.38 bits per heavy atom. The van der Waals surface area contributed by atoms with E-state index in [0.29, 0.717) is 5.13 Å². The number of benzene rings is 1. The van der Waals surface area contributed by atoms with Gasteiger partial charge in [0.2, 0.25) is 5.91 Å². The zero-order valence-corrected chi connectivity index (χ0v) is 9.89. The van der Waals surface area contributed by atoms with Gasteiger partial charge in [0, 0.05) is 10.9 Å². The fourth-order valence-corrected chi connectivity index (χ4v) is 2.03. The van der Waals surface area contributed by atoms with E-state index in [1.165, 1.54) is 11.3 Å². The van der Waals surface area contributed by atoms with Crippen molar-refractivity contribution in [2.24, 2.45) is 0 Å². The maximum absolute atomic E-state index is 11.1. The summed E-state index contributed by atoms with van der Waals surface area (Å²) in [5.74, 6) is -0.295. The highest BCUT2D eigenvalue weighted by molar-refractivity contribution is 7.14. The second-order valence-corrected chi connectivity index (χ2v) is 4.21. The van der Waals surface area contributed by atoms with E-state index in [0.717, 1.165) is 11.3 Å². The highest BCUT2D eigenvalue weighted by atomic mass is 35.5. The van der Waals surface area contributed by atoms with Crippen LogP contribution >= 0.6 is 22.9 Å². The molecule has 1 amide bonds. The molecule has 0 aliphatic heterocycles. The summed E-state index contributed by atoms with van der Waals surface area (Å²) < 4.78 is 0. The summed E-state index contributed by atoms with van der Waals surface area (Å²) in [5, 5.41) is 5.09. The van der Waals surface area contributed by atoms with Crippen LogP contribution in [0.2, 0.25) is 0 Å². The average Bonchev–Trinajstić information content (AvgIpc) is 2.78. The van der Waals surface area contributed by atoms with Crippen LogP contribution in [0.1, 0.15) is 0 Å². The molecule has 0 atom stereocenters. The molecule has 0 aliphatic carbocycles. The number of amides is 1. The lowest BCUT2D eigenvalue weighted by atomic mass is 10.2. The third kappa shape index (κ3) is 2.59. The molecule has 0 saturated carbocycles. The highest BCUT2D eigenvalue weighted by Gasteiger charge is 2.06. The van der Waals surface area contributed by atoms with Crippen LogP contribution in [0.25, 0.3) is 11.3 Å². The first-order valence-corrected chi connectivity index (χ1v) is 6.08. The van der Waals surface area contributed by atoms with Crippen LogP contribution in [0.5, 0.6) is 0 Å². The van der Waals surface area contributed by atoms with Gasteiger partial charge in [-0.25, -0.2) is 4.98 Å². The van der Waals surface area contributed by atoms with Gasteiger partial charge in [-0.15, -0.1) is 22.9 Å². The quantitative estimate of drug-likeness (QED) is 0.854. The lowest BCUT2D eigenvalue weighted by Gasteiger charge is -1.96. The number of hydrogen-bond acceptors (Lipinski definition) is 3. The van der Waals surface area contributed by atoms with Crippen molar-refractivity contribution in [3.05, 3.63) is 35.7 Å². The molecular weight excluding hydrogens is 244 g/mol. The van der Waals surface area contributed by atoms with E-state index in [2.05, 4.69) is 10.3 Å². The third-order valence-electron chi connectivity index (χ3n) is 1.94. The van der Waals surface area contributed by atoms with E-state index in [-0.39, 0.29) is 11.8 Å². The van der Waals surface area contributed by atoms with E-state index in [1.807, 2.05) is 35.7 Å². The molecule has 0 spiro atoms. The molecule has 1 aromatic carbocycles. The number of thiazole rings is 1. The van der Waals surface area contributed by atoms with Crippen molar-refractivity contribution in [1.82, 2.24) is 4.98 Å². The monoisotopic (exact) mass is 252 g/mol. The van der Waals surface area contributed by atoms with Crippen molar-refractivity contribution in [2.75, 3.05) is 11.2 Å². The topological polar surface area (TPSA) is 42.0 Å². The van der Waals surface area contributed by atoms with Crippen molar-refractivity contribution in [3.63, 3.8) is 0 Å². The van der Waals surface area contributed by atoms with Crippen molar-refractivity contribution in [2.45, 2.75) is 0 Å². The van der Waals surface area contributed by atoms with Gasteiger partial charge in [0.25, 0.3) is 0 Å². The standard InChI is InChI=1S/C11H9ClN2OS/c12-6-10(15)14-11-13-9(7-16-11)8-4-2-1-3-5-8/h1-5,7H,6H2,(H,13,14,15). The zero-order chi connectivity index (χ0) is 11.4. The summed E-state index contributed by atoms with van der Waals surface area (Å²) in [6.45, 7) is 0. The number of alkyl halides is 1. The van der Waals surface area contributed by atoms with Crippen molar-refractivity contribution >= 4 is 34.0 Å². The SMILES string of the molecule is O=C(CCl)Nc1nc(-c2ccccc2)cs1. The molecule has 3 nitrogen and oxygen atoms in total. The summed E-state index contributed by atoms with van der Waals surface area (Å²) in [6.07, 6.45) is 0. The zero-order valence-electron chi connectivity index (χ0n) is 8.31. The minimum absolute atomic E-state index is 0.0553. The average molecular weight is 253 g/mol. The first-order valence-electron chi connectivity index (χ1n) is 4.66. The van der Waals surface area contributed by atoms with Gasteiger partial charge >= 0.3 is 0 Å². The predicted molar refractivity (Wildman–Crippen MR) is 66.9 cm³/mol. The number of carbonyl (C=O) groups excluding carboxylic acids is 1. The van der Waals surface area contributed by atoms with Crippen LogP contribution in [-0.2, 0) is 4.79 Å². The molecule has 1 heterocycles. The molecule has 0 radical (unpaired) electrons. The Kier molecular flexibility index (Phi) is 3.54. The minimum Gasteiger partial charge on any atom is -0.301 e. The number of halogens is 1. The Hall–Kier alpha value is -1.39. The van der Waals surface area contributed by atoms with Gasteiger partial charge in [-0.05, 0) is 0 Å². The number of anilines is 1. The third-order valence-corrected chi connectivity index (χ3v) is 2.94. The lowest BCUT2D eigenvalue weighted by Crippen LogP contribution is -2.12. The van der Waals surface area contributed by atoms with E-state index in [1.54, 1.807) is 0 Å². The van der Waals surface area contributed by atoms with Gasteiger partial charge in [0.05, 0.1) is 5.69 Å². The fourth-order valence-electron chi connectivity index (χ4n) is 1.23. The van der Waals surface area contributed by atoms with E-state index < -0.39 is 0 Å². The molecule has 0 bridgehead atoms. The molecule has 5 heteroatoms. The first kappa shape index (κ1) is 11.1. The molecule has 1 aromatic heterocycles. The Balaban J connectivity index is 2.17. The number of nitrogens with zero attached hydrogens (tertiary/aromatic N) is 1. The second kappa shape index (κ2) is 5.09. The number of aromatic nitrogens is 1. The molecule has 82 valence electrons. The maximum atomic E-state index is 11.1. The normalized spacial score (nSPS) is 10.1. The van der Waals surface area contributed by atoms with Crippen molar-refractivity contribution in [1.29, 1.82) is 0 Å². The van der Waals surface area contributed by atoms with Crippen molar-refractivity contribution < 1.29 is 4.79 Å². The van der Waals surface area contributed by atoms with Gasteiger partial charge in [-0.3, -0.25) is 4.79 Å². The molecular formula is C11H9ClN2OS. The van der Waals surface area contributed by atoms with Gasteiger partial charge in [0.1, 0.15) is 5.88 Å². The Morgan fingerprint density at radius 3 is 2.81 bits per heavy atom. The van der Waals surface area contributed by atoms with Gasteiger partial charge < -0.3 is 5.32 Å². The maximum Gasteiger partial charge on any atom is 0.241 e. The van der Waals surface area contributed by atoms with Crippen LogP contribution in [0, 0.1) is 0 Å². The first-order chi connectivity index (χ1) is 7.79. The Morgan fingerprint density at radius 2 is 2.12 bits per heavy atom. The Labute approximate surface area is 102 Å². The molecule has 0 unspecified atom stereocenters. The molecule has 1 N–H and O–H groups in total. The highest BCUT2D eigenvalue weighted by Crippen LogP contribution is 2.24. The number of nitrogens with one attached hydrogen (secondary N) is 1. The molecule has 0 aliphatic rings.